The Balaban J connectivity index is 1.51. The number of hydrogen-bond acceptors (Lipinski definition) is 5. The van der Waals surface area contributed by atoms with Crippen LogP contribution < -0.4 is 15.4 Å². The summed E-state index contributed by atoms with van der Waals surface area (Å²) >= 11 is 0. The van der Waals surface area contributed by atoms with E-state index in [9.17, 15) is 4.79 Å². The van der Waals surface area contributed by atoms with Crippen LogP contribution in [0.4, 0.5) is 11.5 Å². The lowest BCUT2D eigenvalue weighted by Gasteiger charge is -2.07. The van der Waals surface area contributed by atoms with Gasteiger partial charge >= 0.3 is 0 Å². The van der Waals surface area contributed by atoms with E-state index >= 15 is 0 Å². The molecular formula is C21H22N4O2. The van der Waals surface area contributed by atoms with Gasteiger partial charge in [-0.25, -0.2) is 0 Å². The van der Waals surface area contributed by atoms with Gasteiger partial charge in [0.15, 0.2) is 5.69 Å². The summed E-state index contributed by atoms with van der Waals surface area (Å²) in [6.45, 7) is 2.69. The molecule has 0 saturated heterocycles. The summed E-state index contributed by atoms with van der Waals surface area (Å²) in [6.07, 6.45) is 0.848. The van der Waals surface area contributed by atoms with E-state index in [1.54, 1.807) is 19.2 Å². The summed E-state index contributed by atoms with van der Waals surface area (Å²) in [5.41, 5.74) is 3.29. The first-order chi connectivity index (χ1) is 13.1. The molecule has 0 aliphatic rings. The molecule has 0 bridgehead atoms. The summed E-state index contributed by atoms with van der Waals surface area (Å²) in [5, 5.41) is 14.1. The van der Waals surface area contributed by atoms with Crippen molar-refractivity contribution in [2.24, 2.45) is 0 Å². The van der Waals surface area contributed by atoms with Crippen molar-refractivity contribution < 1.29 is 9.53 Å². The van der Waals surface area contributed by atoms with Crippen molar-refractivity contribution in [3.63, 3.8) is 0 Å². The molecule has 0 aliphatic carbocycles. The summed E-state index contributed by atoms with van der Waals surface area (Å²) < 4.78 is 5.15. The van der Waals surface area contributed by atoms with Crippen molar-refractivity contribution in [1.82, 2.24) is 10.2 Å². The van der Waals surface area contributed by atoms with Crippen LogP contribution in [0.3, 0.4) is 0 Å². The molecule has 1 aromatic heterocycles. The smallest absolute Gasteiger partial charge is 0.276 e. The van der Waals surface area contributed by atoms with Gasteiger partial charge < -0.3 is 15.4 Å². The first-order valence-corrected chi connectivity index (χ1v) is 8.72. The lowest BCUT2D eigenvalue weighted by molar-refractivity contribution is 0.102. The molecule has 0 fully saturated rings. The molecule has 138 valence electrons. The number of nitrogens with one attached hydrogen (secondary N) is 2. The van der Waals surface area contributed by atoms with Gasteiger partial charge in [-0.05, 0) is 60.9 Å². The van der Waals surface area contributed by atoms with E-state index in [1.807, 2.05) is 55.5 Å². The van der Waals surface area contributed by atoms with Crippen LogP contribution in [0.2, 0.25) is 0 Å². The fourth-order valence-electron chi connectivity index (χ4n) is 2.59. The molecule has 1 heterocycles. The number of amides is 1. The second-order valence-corrected chi connectivity index (χ2v) is 6.15. The minimum atomic E-state index is -0.280. The first kappa shape index (κ1) is 18.4. The molecule has 6 nitrogen and oxygen atoms in total. The van der Waals surface area contributed by atoms with Crippen LogP contribution in [0.1, 0.15) is 21.6 Å². The maximum Gasteiger partial charge on any atom is 0.276 e. The van der Waals surface area contributed by atoms with Gasteiger partial charge in [-0.2, -0.15) is 0 Å². The molecule has 3 rings (SSSR count). The number of rotatable bonds is 7. The number of hydrogen-bond donors (Lipinski definition) is 2. The number of nitrogens with zero attached hydrogens (tertiary/aromatic N) is 2. The Hall–Kier alpha value is -3.41. The predicted molar refractivity (Wildman–Crippen MR) is 106 cm³/mol. The number of ether oxygens (including phenoxy) is 1. The van der Waals surface area contributed by atoms with Crippen LogP contribution in [0, 0.1) is 6.92 Å². The lowest BCUT2D eigenvalue weighted by Crippen LogP contribution is -2.15. The topological polar surface area (TPSA) is 76.1 Å². The average molecular weight is 362 g/mol. The number of methoxy groups -OCH3 is 1. The van der Waals surface area contributed by atoms with Crippen LogP contribution in [0.15, 0.2) is 60.7 Å². The Morgan fingerprint density at radius 3 is 2.52 bits per heavy atom. The van der Waals surface area contributed by atoms with Gasteiger partial charge in [0.2, 0.25) is 0 Å². The highest BCUT2D eigenvalue weighted by molar-refractivity contribution is 6.02. The maximum atomic E-state index is 12.2. The van der Waals surface area contributed by atoms with E-state index in [1.165, 1.54) is 5.56 Å². The summed E-state index contributed by atoms with van der Waals surface area (Å²) in [6, 6.07) is 19.0. The van der Waals surface area contributed by atoms with Crippen LogP contribution in [0.5, 0.6) is 5.75 Å². The van der Waals surface area contributed by atoms with Crippen molar-refractivity contribution in [2.45, 2.75) is 13.3 Å². The highest BCUT2D eigenvalue weighted by Crippen LogP contribution is 2.13. The Bertz CT molecular complexity index is 893. The van der Waals surface area contributed by atoms with Crippen molar-refractivity contribution in [1.29, 1.82) is 0 Å². The second kappa shape index (κ2) is 8.80. The zero-order valence-electron chi connectivity index (χ0n) is 15.4. The Morgan fingerprint density at radius 1 is 1.04 bits per heavy atom. The van der Waals surface area contributed by atoms with E-state index in [0.29, 0.717) is 5.82 Å². The van der Waals surface area contributed by atoms with E-state index in [-0.39, 0.29) is 11.6 Å². The van der Waals surface area contributed by atoms with Crippen LogP contribution in [-0.2, 0) is 6.42 Å². The van der Waals surface area contributed by atoms with Crippen molar-refractivity contribution in [2.75, 3.05) is 24.3 Å². The number of carbonyl (C=O) groups is 1. The molecule has 0 aliphatic heterocycles. The standard InChI is InChI=1S/C21H22N4O2/c1-15-4-3-5-17(14-15)23-21(26)19-10-11-20(25-24-19)22-13-12-16-6-8-18(27-2)9-7-16/h3-11,14H,12-13H2,1-2H3,(H,22,25)(H,23,26). The molecule has 0 saturated carbocycles. The largest absolute Gasteiger partial charge is 0.497 e. The third-order valence-electron chi connectivity index (χ3n) is 4.05. The first-order valence-electron chi connectivity index (χ1n) is 8.72. The maximum absolute atomic E-state index is 12.2. The molecule has 3 aromatic rings. The van der Waals surface area contributed by atoms with Gasteiger partial charge in [-0.3, -0.25) is 4.79 Å². The molecule has 0 radical (unpaired) electrons. The van der Waals surface area contributed by atoms with Crippen LogP contribution in [-0.4, -0.2) is 29.8 Å². The molecule has 1 amide bonds. The summed E-state index contributed by atoms with van der Waals surface area (Å²) in [4.78, 5) is 12.2. The minimum absolute atomic E-state index is 0.275. The van der Waals surface area contributed by atoms with Gasteiger partial charge in [0.1, 0.15) is 11.6 Å². The van der Waals surface area contributed by atoms with Crippen molar-refractivity contribution in [3.05, 3.63) is 77.5 Å². The molecule has 0 unspecified atom stereocenters. The van der Waals surface area contributed by atoms with Crippen molar-refractivity contribution in [3.8, 4) is 5.75 Å². The van der Waals surface area contributed by atoms with Gasteiger partial charge in [0, 0.05) is 12.2 Å². The number of anilines is 2. The summed E-state index contributed by atoms with van der Waals surface area (Å²) in [7, 11) is 1.65. The fraction of sp³-hybridized carbons (Fsp3) is 0.190. The van der Waals surface area contributed by atoms with Gasteiger partial charge in [-0.15, -0.1) is 10.2 Å². The number of aryl methyl sites for hydroxylation is 1. The van der Waals surface area contributed by atoms with E-state index in [4.69, 9.17) is 4.74 Å². The number of carbonyl (C=O) groups excluding carboxylic acids is 1. The quantitative estimate of drug-likeness (QED) is 0.670. The third-order valence-corrected chi connectivity index (χ3v) is 4.05. The monoisotopic (exact) mass is 362 g/mol. The molecular weight excluding hydrogens is 340 g/mol. The molecule has 6 heteroatoms. The van der Waals surface area contributed by atoms with Gasteiger partial charge in [0.25, 0.3) is 5.91 Å². The Labute approximate surface area is 158 Å². The van der Waals surface area contributed by atoms with Crippen LogP contribution in [0.25, 0.3) is 0 Å². The molecule has 0 atom stereocenters. The zero-order valence-corrected chi connectivity index (χ0v) is 15.4. The van der Waals surface area contributed by atoms with Crippen LogP contribution >= 0.6 is 0 Å². The van der Waals surface area contributed by atoms with E-state index in [2.05, 4.69) is 20.8 Å². The molecule has 2 N–H and O–H groups in total. The van der Waals surface area contributed by atoms with Gasteiger partial charge in [-0.1, -0.05) is 24.3 Å². The SMILES string of the molecule is COc1ccc(CCNc2ccc(C(=O)Nc3cccc(C)c3)nn2)cc1. The van der Waals surface area contributed by atoms with Crippen molar-refractivity contribution >= 4 is 17.4 Å². The Kier molecular flexibility index (Phi) is 5.99. The highest BCUT2D eigenvalue weighted by Gasteiger charge is 2.08. The third kappa shape index (κ3) is 5.28. The number of benzene rings is 2. The van der Waals surface area contributed by atoms with E-state index < -0.39 is 0 Å². The zero-order chi connectivity index (χ0) is 19.1. The summed E-state index contributed by atoms with van der Waals surface area (Å²) in [5.74, 6) is 1.20. The molecule has 0 spiro atoms. The average Bonchev–Trinajstić information content (AvgIpc) is 2.69. The fourth-order valence-corrected chi connectivity index (χ4v) is 2.59. The van der Waals surface area contributed by atoms with E-state index in [0.717, 1.165) is 30.0 Å². The predicted octanol–water partition coefficient (Wildman–Crippen LogP) is 3.70. The molecule has 27 heavy (non-hydrogen) atoms. The highest BCUT2D eigenvalue weighted by atomic mass is 16.5. The number of aromatic nitrogens is 2. The normalized spacial score (nSPS) is 10.3. The Morgan fingerprint density at radius 2 is 1.85 bits per heavy atom. The lowest BCUT2D eigenvalue weighted by atomic mass is 10.1. The molecule has 2 aromatic carbocycles. The minimum Gasteiger partial charge on any atom is -0.497 e. The second-order valence-electron chi connectivity index (χ2n) is 6.15. The van der Waals surface area contributed by atoms with Gasteiger partial charge in [0.05, 0.1) is 7.11 Å².